The standard InChI is InChI=1S/C25H29ClN2O6S/c1-15-10-21(26)20-12-23(28(4)22(20)11-15)25(30)27-17(3)18-6-8-19(9-7-18)35(31,32)14-24(29)34-13-16(2)33-5/h6-12,16-17H,13-14H2,1-5H3,(H,27,30). The minimum atomic E-state index is -3.87. The number of methoxy groups -OCH3 is 1. The number of amides is 1. The molecule has 8 nitrogen and oxygen atoms in total. The second-order valence-electron chi connectivity index (χ2n) is 8.52. The molecule has 3 aromatic rings. The first-order chi connectivity index (χ1) is 16.4. The molecule has 0 saturated carbocycles. The number of ether oxygens (including phenoxy) is 2. The van der Waals surface area contributed by atoms with Crippen LogP contribution in [0.25, 0.3) is 10.9 Å². The molecule has 1 N–H and O–H groups in total. The van der Waals surface area contributed by atoms with Gasteiger partial charge in [-0.1, -0.05) is 23.7 Å². The number of fused-ring (bicyclic) bond motifs is 1. The van der Waals surface area contributed by atoms with Gasteiger partial charge in [-0.3, -0.25) is 9.59 Å². The third-order valence-corrected chi connectivity index (χ3v) is 7.68. The number of benzene rings is 2. The number of hydrogen-bond donors (Lipinski definition) is 1. The van der Waals surface area contributed by atoms with E-state index in [9.17, 15) is 18.0 Å². The van der Waals surface area contributed by atoms with Gasteiger partial charge in [0.2, 0.25) is 0 Å². The molecule has 1 aromatic heterocycles. The van der Waals surface area contributed by atoms with Gasteiger partial charge in [0, 0.05) is 19.5 Å². The van der Waals surface area contributed by atoms with Crippen molar-refractivity contribution < 1.29 is 27.5 Å². The average molecular weight is 521 g/mol. The minimum absolute atomic E-state index is 0.00443. The lowest BCUT2D eigenvalue weighted by molar-refractivity contribution is -0.143. The third-order valence-electron chi connectivity index (χ3n) is 5.76. The van der Waals surface area contributed by atoms with Crippen LogP contribution in [-0.2, 0) is 31.2 Å². The number of hydrogen-bond acceptors (Lipinski definition) is 6. The highest BCUT2D eigenvalue weighted by Gasteiger charge is 2.22. The van der Waals surface area contributed by atoms with Crippen molar-refractivity contribution in [3.05, 3.63) is 64.3 Å². The summed E-state index contributed by atoms with van der Waals surface area (Å²) < 4.78 is 36.8. The van der Waals surface area contributed by atoms with E-state index in [1.54, 1.807) is 43.7 Å². The summed E-state index contributed by atoms with van der Waals surface area (Å²) in [5, 5.41) is 4.31. The van der Waals surface area contributed by atoms with Crippen molar-refractivity contribution in [1.82, 2.24) is 9.88 Å². The fourth-order valence-corrected chi connectivity index (χ4v) is 5.05. The van der Waals surface area contributed by atoms with Gasteiger partial charge >= 0.3 is 5.97 Å². The highest BCUT2D eigenvalue weighted by Crippen LogP contribution is 2.28. The molecule has 0 fully saturated rings. The predicted octanol–water partition coefficient (Wildman–Crippen LogP) is 3.98. The molecule has 0 aliphatic rings. The van der Waals surface area contributed by atoms with E-state index in [1.165, 1.54) is 19.2 Å². The van der Waals surface area contributed by atoms with E-state index >= 15 is 0 Å². The van der Waals surface area contributed by atoms with Crippen LogP contribution in [0.5, 0.6) is 0 Å². The van der Waals surface area contributed by atoms with Crippen LogP contribution in [0.4, 0.5) is 0 Å². The van der Waals surface area contributed by atoms with Crippen LogP contribution < -0.4 is 5.32 Å². The molecule has 0 spiro atoms. The summed E-state index contributed by atoms with van der Waals surface area (Å²) in [5.74, 6) is -1.89. The molecule has 35 heavy (non-hydrogen) atoms. The summed E-state index contributed by atoms with van der Waals surface area (Å²) in [6.07, 6.45) is -0.326. The van der Waals surface area contributed by atoms with E-state index < -0.39 is 27.6 Å². The van der Waals surface area contributed by atoms with E-state index in [0.29, 0.717) is 16.3 Å². The molecule has 0 saturated heterocycles. The van der Waals surface area contributed by atoms with Crippen molar-refractivity contribution >= 4 is 44.2 Å². The largest absolute Gasteiger partial charge is 0.462 e. The molecule has 188 valence electrons. The van der Waals surface area contributed by atoms with Gasteiger partial charge < -0.3 is 19.4 Å². The molecule has 0 aliphatic heterocycles. The van der Waals surface area contributed by atoms with Crippen LogP contribution in [-0.4, -0.2) is 50.4 Å². The third kappa shape index (κ3) is 6.22. The monoisotopic (exact) mass is 520 g/mol. The fraction of sp³-hybridized carbons (Fsp3) is 0.360. The van der Waals surface area contributed by atoms with Crippen molar-refractivity contribution in [1.29, 1.82) is 0 Å². The Morgan fingerprint density at radius 1 is 1.11 bits per heavy atom. The van der Waals surface area contributed by atoms with Crippen molar-refractivity contribution in [2.75, 3.05) is 19.5 Å². The van der Waals surface area contributed by atoms with Gasteiger partial charge in [-0.15, -0.1) is 0 Å². The SMILES string of the molecule is COC(C)COC(=O)CS(=O)(=O)c1ccc(C(C)NC(=O)c2cc3c(Cl)cc(C)cc3n2C)cc1. The van der Waals surface area contributed by atoms with Crippen LogP contribution in [0.1, 0.15) is 41.5 Å². The number of nitrogens with one attached hydrogen (secondary N) is 1. The lowest BCUT2D eigenvalue weighted by Crippen LogP contribution is -2.28. The zero-order chi connectivity index (χ0) is 25.9. The predicted molar refractivity (Wildman–Crippen MR) is 134 cm³/mol. The van der Waals surface area contributed by atoms with Crippen LogP contribution in [0, 0.1) is 6.92 Å². The average Bonchev–Trinajstić information content (AvgIpc) is 3.14. The summed E-state index contributed by atoms with van der Waals surface area (Å²) >= 11 is 6.35. The summed E-state index contributed by atoms with van der Waals surface area (Å²) in [5.41, 5.74) is 3.02. The molecule has 0 aliphatic carbocycles. The number of rotatable bonds is 9. The van der Waals surface area contributed by atoms with Crippen LogP contribution in [0.2, 0.25) is 5.02 Å². The normalized spacial score (nSPS) is 13.4. The summed E-state index contributed by atoms with van der Waals surface area (Å²) in [7, 11) is -0.595. The van der Waals surface area contributed by atoms with Gasteiger partial charge in [-0.25, -0.2) is 8.42 Å². The number of carbonyl (C=O) groups excluding carboxylic acids is 2. The Morgan fingerprint density at radius 3 is 2.40 bits per heavy atom. The van der Waals surface area contributed by atoms with Crippen molar-refractivity contribution in [2.24, 2.45) is 7.05 Å². The molecule has 0 radical (unpaired) electrons. The lowest BCUT2D eigenvalue weighted by Gasteiger charge is -2.15. The summed E-state index contributed by atoms with van der Waals surface area (Å²) in [4.78, 5) is 24.9. The molecule has 0 bridgehead atoms. The Kier molecular flexibility index (Phi) is 8.25. The zero-order valence-electron chi connectivity index (χ0n) is 20.3. The molecule has 2 unspecified atom stereocenters. The highest BCUT2D eigenvalue weighted by atomic mass is 35.5. The maximum Gasteiger partial charge on any atom is 0.321 e. The van der Waals surface area contributed by atoms with Gasteiger partial charge in [-0.2, -0.15) is 0 Å². The first kappa shape index (κ1) is 26.7. The molecular formula is C25H29ClN2O6S. The number of aromatic nitrogens is 1. The Hall–Kier alpha value is -2.88. The van der Waals surface area contributed by atoms with Gasteiger partial charge in [0.25, 0.3) is 5.91 Å². The van der Waals surface area contributed by atoms with E-state index in [-0.39, 0.29) is 23.5 Å². The lowest BCUT2D eigenvalue weighted by atomic mass is 10.1. The van der Waals surface area contributed by atoms with Crippen LogP contribution in [0.15, 0.2) is 47.4 Å². The highest BCUT2D eigenvalue weighted by molar-refractivity contribution is 7.92. The second-order valence-corrected chi connectivity index (χ2v) is 10.9. The molecule has 3 rings (SSSR count). The summed E-state index contributed by atoms with van der Waals surface area (Å²) in [6, 6.07) is 11.2. The van der Waals surface area contributed by atoms with Gasteiger partial charge in [0.05, 0.1) is 27.6 Å². The number of halogens is 1. The minimum Gasteiger partial charge on any atom is -0.462 e. The number of esters is 1. The van der Waals surface area contributed by atoms with Crippen LogP contribution >= 0.6 is 11.6 Å². The first-order valence-corrected chi connectivity index (χ1v) is 13.0. The number of nitrogens with zero attached hydrogens (tertiary/aromatic N) is 1. The van der Waals surface area contributed by atoms with E-state index in [2.05, 4.69) is 5.32 Å². The van der Waals surface area contributed by atoms with E-state index in [4.69, 9.17) is 21.1 Å². The Balaban J connectivity index is 1.69. The maximum atomic E-state index is 13.0. The Morgan fingerprint density at radius 2 is 1.77 bits per heavy atom. The Labute approximate surface area is 210 Å². The smallest absolute Gasteiger partial charge is 0.321 e. The molecule has 1 amide bonds. The van der Waals surface area contributed by atoms with Crippen molar-refractivity contribution in [2.45, 2.75) is 37.8 Å². The maximum absolute atomic E-state index is 13.0. The van der Waals surface area contributed by atoms with Gasteiger partial charge in [0.1, 0.15) is 12.3 Å². The number of sulfone groups is 1. The topological polar surface area (TPSA) is 104 Å². The number of carbonyl (C=O) groups is 2. The second kappa shape index (κ2) is 10.8. The Bertz CT molecular complexity index is 1350. The van der Waals surface area contributed by atoms with Gasteiger partial charge in [-0.05, 0) is 62.2 Å². The molecule has 2 aromatic carbocycles. The molecule has 1 heterocycles. The fourth-order valence-electron chi connectivity index (χ4n) is 3.61. The molecule has 2 atom stereocenters. The first-order valence-electron chi connectivity index (χ1n) is 11.0. The molecule has 10 heteroatoms. The quantitative estimate of drug-likeness (QED) is 0.428. The number of aryl methyl sites for hydroxylation is 2. The zero-order valence-corrected chi connectivity index (χ0v) is 21.9. The van der Waals surface area contributed by atoms with Crippen molar-refractivity contribution in [3.63, 3.8) is 0 Å². The van der Waals surface area contributed by atoms with E-state index in [0.717, 1.165) is 16.5 Å². The van der Waals surface area contributed by atoms with Crippen molar-refractivity contribution in [3.8, 4) is 0 Å². The molecular weight excluding hydrogens is 492 g/mol. The van der Waals surface area contributed by atoms with E-state index in [1.807, 2.05) is 19.1 Å². The van der Waals surface area contributed by atoms with Gasteiger partial charge in [0.15, 0.2) is 15.6 Å². The van der Waals surface area contributed by atoms with Crippen LogP contribution in [0.3, 0.4) is 0 Å². The summed E-state index contributed by atoms with van der Waals surface area (Å²) in [6.45, 7) is 5.42.